The molecule has 33 heavy (non-hydrogen) atoms. The number of carbonyl (C=O) groups is 2. The number of rotatable bonds is 4. The van der Waals surface area contributed by atoms with E-state index < -0.39 is 23.5 Å². The van der Waals surface area contributed by atoms with Crippen LogP contribution in [0.2, 0.25) is 0 Å². The van der Waals surface area contributed by atoms with Crippen molar-refractivity contribution in [2.24, 2.45) is 0 Å². The summed E-state index contributed by atoms with van der Waals surface area (Å²) in [5, 5.41) is 11.3. The smallest absolute Gasteiger partial charge is 0.300 e. The third-order valence-electron chi connectivity index (χ3n) is 5.92. The number of ether oxygens (including phenoxy) is 2. The summed E-state index contributed by atoms with van der Waals surface area (Å²) >= 11 is 0. The molecule has 1 saturated heterocycles. The maximum Gasteiger partial charge on any atom is 0.300 e. The Balaban J connectivity index is 1.71. The number of fused-ring (bicyclic) bond motifs is 1. The minimum absolute atomic E-state index is 0.0450. The lowest BCUT2D eigenvalue weighted by Crippen LogP contribution is -2.29. The van der Waals surface area contributed by atoms with Crippen LogP contribution in [0.3, 0.4) is 0 Å². The van der Waals surface area contributed by atoms with E-state index in [1.807, 2.05) is 0 Å². The number of anilines is 1. The third-order valence-corrected chi connectivity index (χ3v) is 5.92. The summed E-state index contributed by atoms with van der Waals surface area (Å²) in [4.78, 5) is 27.6. The minimum Gasteiger partial charge on any atom is -0.507 e. The van der Waals surface area contributed by atoms with Crippen molar-refractivity contribution in [1.82, 2.24) is 0 Å². The second kappa shape index (κ2) is 8.09. The van der Waals surface area contributed by atoms with Gasteiger partial charge in [0.05, 0.1) is 25.3 Å². The Labute approximate surface area is 189 Å². The van der Waals surface area contributed by atoms with Crippen molar-refractivity contribution < 1.29 is 28.6 Å². The zero-order valence-corrected chi connectivity index (χ0v) is 17.7. The summed E-state index contributed by atoms with van der Waals surface area (Å²) < 4.78 is 24.4. The standard InChI is InChI=1S/C26H20FNO5/c1-32-20-4-2-3-16(14-20)23-22(24(29)17-5-10-21-15(13-17)11-12-33-21)25(30)26(31)28(23)19-8-6-18(27)7-9-19/h2-10,13-14,23,29H,11-12H2,1H3/b24-22-. The Kier molecular flexibility index (Phi) is 5.09. The van der Waals surface area contributed by atoms with Crippen molar-refractivity contribution in [2.45, 2.75) is 12.5 Å². The Morgan fingerprint density at radius 3 is 2.64 bits per heavy atom. The summed E-state index contributed by atoms with van der Waals surface area (Å²) in [5.74, 6) is -1.09. The molecule has 5 rings (SSSR count). The molecule has 2 aliphatic rings. The highest BCUT2D eigenvalue weighted by atomic mass is 19.1. The molecule has 1 unspecified atom stereocenters. The zero-order chi connectivity index (χ0) is 23.1. The summed E-state index contributed by atoms with van der Waals surface area (Å²) in [7, 11) is 1.52. The Morgan fingerprint density at radius 2 is 1.88 bits per heavy atom. The first-order valence-corrected chi connectivity index (χ1v) is 10.4. The fraction of sp³-hybridized carbons (Fsp3) is 0.154. The molecule has 1 amide bonds. The number of nitrogens with zero attached hydrogens (tertiary/aromatic N) is 1. The first-order chi connectivity index (χ1) is 16.0. The molecule has 7 heteroatoms. The fourth-order valence-corrected chi connectivity index (χ4v) is 4.32. The van der Waals surface area contributed by atoms with Crippen LogP contribution in [0.5, 0.6) is 11.5 Å². The lowest BCUT2D eigenvalue weighted by molar-refractivity contribution is -0.132. The number of aliphatic hydroxyl groups is 1. The monoisotopic (exact) mass is 445 g/mol. The number of Topliss-reactive ketones (excluding diaryl/α,β-unsaturated/α-hetero) is 1. The molecule has 0 aromatic heterocycles. The predicted octanol–water partition coefficient (Wildman–Crippen LogP) is 4.40. The van der Waals surface area contributed by atoms with Crippen LogP contribution in [-0.2, 0) is 16.0 Å². The highest BCUT2D eigenvalue weighted by molar-refractivity contribution is 6.51. The second-order valence-electron chi connectivity index (χ2n) is 7.84. The largest absolute Gasteiger partial charge is 0.507 e. The van der Waals surface area contributed by atoms with Gasteiger partial charge in [-0.15, -0.1) is 0 Å². The van der Waals surface area contributed by atoms with E-state index in [4.69, 9.17) is 9.47 Å². The summed E-state index contributed by atoms with van der Waals surface area (Å²) in [6.45, 7) is 0.554. The lowest BCUT2D eigenvalue weighted by Gasteiger charge is -2.25. The number of aliphatic hydroxyl groups excluding tert-OH is 1. The van der Waals surface area contributed by atoms with Crippen molar-refractivity contribution in [1.29, 1.82) is 0 Å². The number of carbonyl (C=O) groups excluding carboxylic acids is 2. The van der Waals surface area contributed by atoms with Gasteiger partial charge in [0.25, 0.3) is 11.7 Å². The molecule has 166 valence electrons. The number of halogens is 1. The van der Waals surface area contributed by atoms with Gasteiger partial charge >= 0.3 is 0 Å². The Morgan fingerprint density at radius 1 is 1.09 bits per heavy atom. The average Bonchev–Trinajstić information content (AvgIpc) is 3.41. The Bertz CT molecular complexity index is 1300. The molecule has 0 spiro atoms. The van der Waals surface area contributed by atoms with Gasteiger partial charge in [-0.1, -0.05) is 12.1 Å². The van der Waals surface area contributed by atoms with Gasteiger partial charge in [-0.3, -0.25) is 14.5 Å². The molecule has 2 heterocycles. The summed E-state index contributed by atoms with van der Waals surface area (Å²) in [6.07, 6.45) is 0.694. The van der Waals surface area contributed by atoms with Crippen LogP contribution in [-0.4, -0.2) is 30.5 Å². The number of methoxy groups -OCH3 is 1. The van der Waals surface area contributed by atoms with Crippen molar-refractivity contribution in [3.8, 4) is 11.5 Å². The van der Waals surface area contributed by atoms with Crippen LogP contribution >= 0.6 is 0 Å². The molecule has 0 aliphatic carbocycles. The molecule has 3 aromatic carbocycles. The van der Waals surface area contributed by atoms with E-state index in [1.165, 1.54) is 36.3 Å². The molecule has 1 atom stereocenters. The topological polar surface area (TPSA) is 76.1 Å². The van der Waals surface area contributed by atoms with Crippen LogP contribution in [0.1, 0.15) is 22.7 Å². The van der Waals surface area contributed by atoms with Gasteiger partial charge in [-0.25, -0.2) is 4.39 Å². The van der Waals surface area contributed by atoms with Crippen LogP contribution in [0.15, 0.2) is 72.3 Å². The molecular formula is C26H20FNO5. The molecule has 1 fully saturated rings. The highest BCUT2D eigenvalue weighted by Gasteiger charge is 2.47. The van der Waals surface area contributed by atoms with Crippen molar-refractivity contribution in [3.05, 3.63) is 94.8 Å². The SMILES string of the molecule is COc1cccc(C2/C(=C(/O)c3ccc4c(c3)CCO4)C(=O)C(=O)N2c2ccc(F)cc2)c1. The van der Waals surface area contributed by atoms with E-state index >= 15 is 0 Å². The molecule has 2 aliphatic heterocycles. The van der Waals surface area contributed by atoms with Gasteiger partial charge in [0.1, 0.15) is 23.1 Å². The maximum atomic E-state index is 13.6. The third kappa shape index (κ3) is 3.51. The number of ketones is 1. The van der Waals surface area contributed by atoms with Gasteiger partial charge < -0.3 is 14.6 Å². The lowest BCUT2D eigenvalue weighted by atomic mass is 9.94. The van der Waals surface area contributed by atoms with Crippen molar-refractivity contribution in [2.75, 3.05) is 18.6 Å². The quantitative estimate of drug-likeness (QED) is 0.366. The summed E-state index contributed by atoms with van der Waals surface area (Å²) in [5.41, 5.74) is 2.21. The normalized spacial score (nSPS) is 18.8. The fourth-order valence-electron chi connectivity index (χ4n) is 4.32. The highest BCUT2D eigenvalue weighted by Crippen LogP contribution is 2.43. The van der Waals surface area contributed by atoms with Gasteiger partial charge in [0, 0.05) is 17.7 Å². The van der Waals surface area contributed by atoms with E-state index in [0.717, 1.165) is 11.3 Å². The minimum atomic E-state index is -0.921. The molecule has 6 nitrogen and oxygen atoms in total. The molecular weight excluding hydrogens is 425 g/mol. The van der Waals surface area contributed by atoms with Crippen LogP contribution in [0, 0.1) is 5.82 Å². The first kappa shape index (κ1) is 20.8. The maximum absolute atomic E-state index is 13.6. The van der Waals surface area contributed by atoms with Crippen LogP contribution in [0.25, 0.3) is 5.76 Å². The zero-order valence-electron chi connectivity index (χ0n) is 17.7. The number of hydrogen-bond donors (Lipinski definition) is 1. The molecule has 1 N–H and O–H groups in total. The predicted molar refractivity (Wildman–Crippen MR) is 120 cm³/mol. The van der Waals surface area contributed by atoms with E-state index in [-0.39, 0.29) is 11.3 Å². The number of amides is 1. The van der Waals surface area contributed by atoms with Gasteiger partial charge in [0.15, 0.2) is 0 Å². The van der Waals surface area contributed by atoms with Crippen molar-refractivity contribution >= 4 is 23.1 Å². The average molecular weight is 445 g/mol. The van der Waals surface area contributed by atoms with E-state index in [2.05, 4.69) is 0 Å². The van der Waals surface area contributed by atoms with Gasteiger partial charge in [0.2, 0.25) is 0 Å². The van der Waals surface area contributed by atoms with E-state index in [9.17, 15) is 19.1 Å². The molecule has 3 aromatic rings. The van der Waals surface area contributed by atoms with Crippen molar-refractivity contribution in [3.63, 3.8) is 0 Å². The van der Waals surface area contributed by atoms with Gasteiger partial charge in [-0.05, 0) is 65.7 Å². The first-order valence-electron chi connectivity index (χ1n) is 10.4. The Hall–Kier alpha value is -4.13. The number of hydrogen-bond acceptors (Lipinski definition) is 5. The van der Waals surface area contributed by atoms with E-state index in [1.54, 1.807) is 42.5 Å². The molecule has 0 radical (unpaired) electrons. The van der Waals surface area contributed by atoms with Crippen LogP contribution in [0.4, 0.5) is 10.1 Å². The van der Waals surface area contributed by atoms with Gasteiger partial charge in [-0.2, -0.15) is 0 Å². The molecule has 0 bridgehead atoms. The number of benzene rings is 3. The van der Waals surface area contributed by atoms with Crippen LogP contribution < -0.4 is 14.4 Å². The summed E-state index contributed by atoms with van der Waals surface area (Å²) in [6, 6.07) is 16.5. The van der Waals surface area contributed by atoms with E-state index in [0.29, 0.717) is 35.6 Å². The second-order valence-corrected chi connectivity index (χ2v) is 7.84. The molecule has 0 saturated carbocycles.